The molecule has 1 amide bonds. The van der Waals surface area contributed by atoms with E-state index in [4.69, 9.17) is 4.74 Å². The molecule has 0 radical (unpaired) electrons. The number of aliphatic hydroxyl groups excluding tert-OH is 1. The summed E-state index contributed by atoms with van der Waals surface area (Å²) in [5.41, 5.74) is 3.71. The summed E-state index contributed by atoms with van der Waals surface area (Å²) in [6.45, 7) is 1.47. The van der Waals surface area contributed by atoms with Crippen LogP contribution in [0.1, 0.15) is 16.1 Å². The number of fused-ring (bicyclic) bond motifs is 3. The number of amides is 1. The molecule has 0 fully saturated rings. The number of hydrogen-bond donors (Lipinski definition) is 2. The van der Waals surface area contributed by atoms with Gasteiger partial charge in [-0.05, 0) is 42.3 Å². The van der Waals surface area contributed by atoms with Crippen molar-refractivity contribution >= 4 is 22.5 Å². The molecule has 0 spiro atoms. The molecule has 28 heavy (non-hydrogen) atoms. The van der Waals surface area contributed by atoms with E-state index in [1.165, 1.54) is 0 Å². The molecule has 0 saturated carbocycles. The van der Waals surface area contributed by atoms with E-state index in [-0.39, 0.29) is 5.91 Å². The van der Waals surface area contributed by atoms with Crippen LogP contribution in [0.2, 0.25) is 0 Å². The van der Waals surface area contributed by atoms with Crippen LogP contribution in [0, 0.1) is 0 Å². The van der Waals surface area contributed by atoms with Gasteiger partial charge in [0.1, 0.15) is 11.4 Å². The summed E-state index contributed by atoms with van der Waals surface area (Å²) in [7, 11) is 3.46. The lowest BCUT2D eigenvalue weighted by Gasteiger charge is -2.25. The molecule has 146 valence electrons. The van der Waals surface area contributed by atoms with Crippen molar-refractivity contribution in [2.45, 2.75) is 19.1 Å². The van der Waals surface area contributed by atoms with Gasteiger partial charge in [0, 0.05) is 36.7 Å². The predicted octanol–water partition coefficient (Wildman–Crippen LogP) is 2.75. The third-order valence-corrected chi connectivity index (χ3v) is 5.35. The van der Waals surface area contributed by atoms with Crippen molar-refractivity contribution in [1.82, 2.24) is 9.47 Å². The Hall–Kier alpha value is -2.99. The lowest BCUT2D eigenvalue weighted by molar-refractivity contribution is 0.0765. The highest BCUT2D eigenvalue weighted by atomic mass is 16.5. The van der Waals surface area contributed by atoms with Gasteiger partial charge in [0.15, 0.2) is 0 Å². The zero-order valence-corrected chi connectivity index (χ0v) is 16.2. The molecule has 0 aliphatic carbocycles. The Bertz CT molecular complexity index is 994. The Kier molecular flexibility index (Phi) is 4.96. The Morgan fingerprint density at radius 3 is 2.68 bits per heavy atom. The number of aliphatic hydroxyl groups is 1. The third-order valence-electron chi connectivity index (χ3n) is 5.35. The lowest BCUT2D eigenvalue weighted by atomic mass is 10.0. The second-order valence-corrected chi connectivity index (χ2v) is 7.19. The van der Waals surface area contributed by atoms with Crippen molar-refractivity contribution in [1.29, 1.82) is 0 Å². The quantitative estimate of drug-likeness (QED) is 0.691. The number of likely N-dealkylation sites (N-methyl/N-ethyl adjacent to an activating group) is 1. The Balaban J connectivity index is 1.56. The molecule has 0 bridgehead atoms. The van der Waals surface area contributed by atoms with Crippen molar-refractivity contribution in [3.05, 3.63) is 59.8 Å². The summed E-state index contributed by atoms with van der Waals surface area (Å²) in [4.78, 5) is 14.6. The molecule has 6 nitrogen and oxygen atoms in total. The summed E-state index contributed by atoms with van der Waals surface area (Å²) < 4.78 is 7.14. The van der Waals surface area contributed by atoms with Gasteiger partial charge in [-0.2, -0.15) is 0 Å². The largest absolute Gasteiger partial charge is 0.497 e. The minimum Gasteiger partial charge on any atom is -0.497 e. The van der Waals surface area contributed by atoms with Crippen molar-refractivity contribution in [3.8, 4) is 5.75 Å². The van der Waals surface area contributed by atoms with E-state index in [0.29, 0.717) is 18.8 Å². The topological polar surface area (TPSA) is 66.7 Å². The van der Waals surface area contributed by atoms with Gasteiger partial charge < -0.3 is 24.6 Å². The molecular weight excluding hydrogens is 354 g/mol. The maximum atomic E-state index is 12.8. The average Bonchev–Trinajstić information content (AvgIpc) is 3.04. The van der Waals surface area contributed by atoms with Gasteiger partial charge in [0.05, 0.1) is 19.8 Å². The molecule has 6 heteroatoms. The molecule has 1 aromatic heterocycles. The van der Waals surface area contributed by atoms with Crippen molar-refractivity contribution in [3.63, 3.8) is 0 Å². The second-order valence-electron chi connectivity index (χ2n) is 7.19. The molecule has 0 unspecified atom stereocenters. The molecule has 1 aliphatic rings. The number of ether oxygens (including phenoxy) is 1. The summed E-state index contributed by atoms with van der Waals surface area (Å²) in [5, 5.41) is 15.0. The van der Waals surface area contributed by atoms with Crippen LogP contribution in [0.25, 0.3) is 10.9 Å². The summed E-state index contributed by atoms with van der Waals surface area (Å²) in [5.74, 6) is 0.812. The number of benzene rings is 2. The van der Waals surface area contributed by atoms with Crippen molar-refractivity contribution in [2.24, 2.45) is 0 Å². The number of methoxy groups -OCH3 is 1. The number of rotatable bonds is 6. The van der Waals surface area contributed by atoms with E-state index < -0.39 is 6.10 Å². The van der Waals surface area contributed by atoms with Crippen LogP contribution in [0.5, 0.6) is 5.75 Å². The molecule has 3 aromatic rings. The van der Waals surface area contributed by atoms with Gasteiger partial charge >= 0.3 is 0 Å². The molecule has 4 rings (SSSR count). The van der Waals surface area contributed by atoms with E-state index >= 15 is 0 Å². The molecule has 0 saturated heterocycles. The summed E-state index contributed by atoms with van der Waals surface area (Å²) in [6, 6.07) is 15.6. The van der Waals surface area contributed by atoms with Crippen molar-refractivity contribution in [2.75, 3.05) is 32.6 Å². The van der Waals surface area contributed by atoms with Crippen LogP contribution >= 0.6 is 0 Å². The predicted molar refractivity (Wildman–Crippen MR) is 110 cm³/mol. The number of hydrogen-bond acceptors (Lipinski definition) is 4. The minimum absolute atomic E-state index is 0.0211. The Labute approximate surface area is 164 Å². The van der Waals surface area contributed by atoms with E-state index in [1.807, 2.05) is 54.1 Å². The number of carbonyl (C=O) groups excluding carboxylic acids is 1. The van der Waals surface area contributed by atoms with Crippen LogP contribution in [-0.4, -0.2) is 53.8 Å². The lowest BCUT2D eigenvalue weighted by Crippen LogP contribution is -2.36. The van der Waals surface area contributed by atoms with Crippen LogP contribution in [0.15, 0.2) is 48.5 Å². The van der Waals surface area contributed by atoms with Gasteiger partial charge in [0.25, 0.3) is 5.91 Å². The SMILES string of the molecule is COc1ccc(NC[C@@H](O)Cn2c3c(c4ccccc42)CCN(C)C3=O)cc1. The molecule has 2 heterocycles. The monoisotopic (exact) mass is 379 g/mol. The van der Waals surface area contributed by atoms with Crippen LogP contribution in [-0.2, 0) is 13.0 Å². The first-order valence-electron chi connectivity index (χ1n) is 9.50. The minimum atomic E-state index is -0.637. The van der Waals surface area contributed by atoms with E-state index in [9.17, 15) is 9.90 Å². The number of nitrogens with zero attached hydrogens (tertiary/aromatic N) is 2. The fraction of sp³-hybridized carbons (Fsp3) is 0.318. The van der Waals surface area contributed by atoms with E-state index in [2.05, 4.69) is 11.4 Å². The van der Waals surface area contributed by atoms with Gasteiger partial charge in [-0.25, -0.2) is 0 Å². The Morgan fingerprint density at radius 2 is 1.93 bits per heavy atom. The first-order valence-corrected chi connectivity index (χ1v) is 9.50. The highest BCUT2D eigenvalue weighted by Gasteiger charge is 2.29. The number of anilines is 1. The Morgan fingerprint density at radius 1 is 1.18 bits per heavy atom. The van der Waals surface area contributed by atoms with Crippen LogP contribution < -0.4 is 10.1 Å². The van der Waals surface area contributed by atoms with Crippen LogP contribution in [0.3, 0.4) is 0 Å². The van der Waals surface area contributed by atoms with E-state index in [0.717, 1.165) is 40.9 Å². The standard InChI is InChI=1S/C22H25N3O3/c1-24-12-11-19-18-5-3-4-6-20(18)25(21(19)22(24)27)14-16(26)13-23-15-7-9-17(28-2)10-8-15/h3-10,16,23,26H,11-14H2,1-2H3/t16-/m1/s1. The second kappa shape index (κ2) is 7.56. The zero-order chi connectivity index (χ0) is 19.7. The van der Waals surface area contributed by atoms with Gasteiger partial charge in [-0.1, -0.05) is 18.2 Å². The number of para-hydroxylation sites is 1. The normalized spacial score (nSPS) is 14.8. The van der Waals surface area contributed by atoms with Crippen LogP contribution in [0.4, 0.5) is 5.69 Å². The maximum absolute atomic E-state index is 12.8. The highest BCUT2D eigenvalue weighted by Crippen LogP contribution is 2.30. The molecule has 2 N–H and O–H groups in total. The first kappa shape index (κ1) is 18.4. The smallest absolute Gasteiger partial charge is 0.270 e. The number of aromatic nitrogens is 1. The third kappa shape index (κ3) is 3.31. The average molecular weight is 379 g/mol. The van der Waals surface area contributed by atoms with Gasteiger partial charge in [-0.15, -0.1) is 0 Å². The fourth-order valence-corrected chi connectivity index (χ4v) is 3.84. The molecular formula is C22H25N3O3. The maximum Gasteiger partial charge on any atom is 0.270 e. The number of carbonyl (C=O) groups is 1. The summed E-state index contributed by atoms with van der Waals surface area (Å²) >= 11 is 0. The van der Waals surface area contributed by atoms with Gasteiger partial charge in [0.2, 0.25) is 0 Å². The summed E-state index contributed by atoms with van der Waals surface area (Å²) in [6.07, 6.45) is 0.202. The molecule has 2 aromatic carbocycles. The molecule has 1 atom stereocenters. The zero-order valence-electron chi connectivity index (χ0n) is 16.2. The number of nitrogens with one attached hydrogen (secondary N) is 1. The van der Waals surface area contributed by atoms with E-state index in [1.54, 1.807) is 12.0 Å². The molecule has 1 aliphatic heterocycles. The van der Waals surface area contributed by atoms with Crippen molar-refractivity contribution < 1.29 is 14.6 Å². The fourth-order valence-electron chi connectivity index (χ4n) is 3.84. The van der Waals surface area contributed by atoms with Gasteiger partial charge in [-0.3, -0.25) is 4.79 Å². The first-order chi connectivity index (χ1) is 13.6. The highest BCUT2D eigenvalue weighted by molar-refractivity contribution is 6.02.